The number of sulfonamides is 1. The van der Waals surface area contributed by atoms with E-state index in [-0.39, 0.29) is 11.0 Å². The number of alkyl halides is 3. The molecule has 2 saturated heterocycles. The first-order valence-electron chi connectivity index (χ1n) is 14.0. The highest BCUT2D eigenvalue weighted by Crippen LogP contribution is 2.49. The van der Waals surface area contributed by atoms with Gasteiger partial charge in [-0.15, -0.1) is 0 Å². The Morgan fingerprint density at radius 3 is 2.40 bits per heavy atom. The number of nitrogens with one attached hydrogen (secondary N) is 2. The Balaban J connectivity index is 0.000000541. The zero-order valence-electron chi connectivity index (χ0n) is 23.5. The summed E-state index contributed by atoms with van der Waals surface area (Å²) in [7, 11) is -3.74. The van der Waals surface area contributed by atoms with Crippen LogP contribution < -0.4 is 10.0 Å². The lowest BCUT2D eigenvalue weighted by Crippen LogP contribution is -2.35. The molecule has 0 bridgehead atoms. The van der Waals surface area contributed by atoms with Gasteiger partial charge in [-0.05, 0) is 64.2 Å². The number of anilines is 1. The highest BCUT2D eigenvalue weighted by atomic mass is 79.9. The fourth-order valence-electron chi connectivity index (χ4n) is 5.26. The molecular weight excluding hydrogens is 657 g/mol. The van der Waals surface area contributed by atoms with Crippen molar-refractivity contribution in [1.29, 1.82) is 0 Å². The van der Waals surface area contributed by atoms with Crippen LogP contribution in [-0.2, 0) is 37.3 Å². The van der Waals surface area contributed by atoms with E-state index in [1.165, 1.54) is 24.8 Å². The van der Waals surface area contributed by atoms with Crippen LogP contribution in [0.3, 0.4) is 0 Å². The third-order valence-corrected chi connectivity index (χ3v) is 9.70. The van der Waals surface area contributed by atoms with Crippen molar-refractivity contribution in [3.63, 3.8) is 0 Å². The van der Waals surface area contributed by atoms with E-state index in [9.17, 15) is 21.6 Å². The summed E-state index contributed by atoms with van der Waals surface area (Å²) < 4.78 is 72.8. The molecule has 0 radical (unpaired) electrons. The highest BCUT2D eigenvalue weighted by Gasteiger charge is 2.44. The van der Waals surface area contributed by atoms with Gasteiger partial charge in [0.25, 0.3) is 0 Å². The molecule has 10 nitrogen and oxygen atoms in total. The standard InChI is InChI=1S/C26H35BrN4O4S.C2HF3O2/c27-22-14-24(25(28-16-22)29-17-23-15-26(19-35-23)7-1-8-26)36(32,33)30-9-6-20-2-4-21(5-3-20)18-31-10-12-34-13-11-31;3-2(4,5)1(6)7/h2-5,14,16,23,30H,1,6-13,15,17-19H2,(H,28,29);(H,6,7). The predicted octanol–water partition coefficient (Wildman–Crippen LogP) is 4.20. The minimum Gasteiger partial charge on any atom is -0.475 e. The number of pyridine rings is 1. The lowest BCUT2D eigenvalue weighted by atomic mass is 9.68. The van der Waals surface area contributed by atoms with E-state index in [1.54, 1.807) is 12.3 Å². The number of ether oxygens (including phenoxy) is 2. The van der Waals surface area contributed by atoms with Gasteiger partial charge in [0.2, 0.25) is 10.0 Å². The number of carboxylic acids is 1. The van der Waals surface area contributed by atoms with E-state index in [4.69, 9.17) is 19.4 Å². The van der Waals surface area contributed by atoms with Gasteiger partial charge in [-0.25, -0.2) is 22.9 Å². The number of aromatic nitrogens is 1. The molecule has 1 aromatic carbocycles. The van der Waals surface area contributed by atoms with Crippen molar-refractivity contribution >= 4 is 37.7 Å². The van der Waals surface area contributed by atoms with Crippen molar-refractivity contribution in [2.75, 3.05) is 51.3 Å². The maximum atomic E-state index is 13.2. The number of carboxylic acid groups (broad SMARTS) is 1. The quantitative estimate of drug-likeness (QED) is 0.336. The molecule has 43 heavy (non-hydrogen) atoms. The van der Waals surface area contributed by atoms with Crippen LogP contribution in [0.2, 0.25) is 0 Å². The number of nitrogens with zero attached hydrogens (tertiary/aromatic N) is 2. The van der Waals surface area contributed by atoms with Crippen molar-refractivity contribution in [2.24, 2.45) is 5.41 Å². The van der Waals surface area contributed by atoms with Crippen molar-refractivity contribution in [3.05, 3.63) is 52.1 Å². The third-order valence-electron chi connectivity index (χ3n) is 7.79. The van der Waals surface area contributed by atoms with Crippen molar-refractivity contribution in [3.8, 4) is 0 Å². The molecule has 3 N–H and O–H groups in total. The zero-order valence-corrected chi connectivity index (χ0v) is 25.9. The van der Waals surface area contributed by atoms with Gasteiger partial charge in [0.1, 0.15) is 10.7 Å². The molecule has 15 heteroatoms. The first kappa shape index (κ1) is 33.6. The van der Waals surface area contributed by atoms with Gasteiger partial charge in [-0.3, -0.25) is 4.90 Å². The van der Waals surface area contributed by atoms with Crippen molar-refractivity contribution in [1.82, 2.24) is 14.6 Å². The Morgan fingerprint density at radius 1 is 1.16 bits per heavy atom. The highest BCUT2D eigenvalue weighted by molar-refractivity contribution is 9.10. The van der Waals surface area contributed by atoms with Gasteiger partial charge in [0, 0.05) is 43.4 Å². The molecular formula is C28H36BrF3N4O6S. The van der Waals surface area contributed by atoms with Crippen LogP contribution in [0.1, 0.15) is 36.8 Å². The number of carbonyl (C=O) groups is 1. The number of rotatable bonds is 10. The summed E-state index contributed by atoms with van der Waals surface area (Å²) >= 11 is 3.37. The van der Waals surface area contributed by atoms with E-state index in [1.807, 2.05) is 0 Å². The van der Waals surface area contributed by atoms with Crippen molar-refractivity contribution in [2.45, 2.75) is 55.8 Å². The van der Waals surface area contributed by atoms with Gasteiger partial charge in [0.15, 0.2) is 0 Å². The maximum absolute atomic E-state index is 13.2. The van der Waals surface area contributed by atoms with Gasteiger partial charge in [-0.2, -0.15) is 13.2 Å². The number of benzene rings is 1. The van der Waals surface area contributed by atoms with Crippen LogP contribution in [-0.4, -0.2) is 87.7 Å². The summed E-state index contributed by atoms with van der Waals surface area (Å²) in [6, 6.07) is 10.0. The lowest BCUT2D eigenvalue weighted by Gasteiger charge is -2.36. The first-order chi connectivity index (χ1) is 20.4. The fourth-order valence-corrected chi connectivity index (χ4v) is 6.93. The second kappa shape index (κ2) is 14.7. The molecule has 1 spiro atoms. The summed E-state index contributed by atoms with van der Waals surface area (Å²) in [6.45, 7) is 6.08. The summed E-state index contributed by atoms with van der Waals surface area (Å²) in [5.41, 5.74) is 2.71. The van der Waals surface area contributed by atoms with E-state index < -0.39 is 22.2 Å². The second-order valence-corrected chi connectivity index (χ2v) is 13.7. The first-order valence-corrected chi connectivity index (χ1v) is 16.3. The largest absolute Gasteiger partial charge is 0.490 e. The molecule has 1 saturated carbocycles. The third kappa shape index (κ3) is 9.85. The average Bonchev–Trinajstić information content (AvgIpc) is 3.39. The molecule has 0 amide bonds. The maximum Gasteiger partial charge on any atom is 0.490 e. The number of hydrogen-bond donors (Lipinski definition) is 3. The Labute approximate surface area is 257 Å². The van der Waals surface area contributed by atoms with Gasteiger partial charge in [0.05, 0.1) is 25.9 Å². The summed E-state index contributed by atoms with van der Waals surface area (Å²) in [4.78, 5) is 15.8. The summed E-state index contributed by atoms with van der Waals surface area (Å²) in [5, 5.41) is 10.4. The van der Waals surface area contributed by atoms with Gasteiger partial charge < -0.3 is 19.9 Å². The molecule has 1 aromatic heterocycles. The van der Waals surface area contributed by atoms with Crippen LogP contribution in [0.15, 0.2) is 45.9 Å². The minimum absolute atomic E-state index is 0.0884. The van der Waals surface area contributed by atoms with E-state index in [2.05, 4.69) is 60.1 Å². The molecule has 5 rings (SSSR count). The van der Waals surface area contributed by atoms with Crippen LogP contribution in [0, 0.1) is 5.41 Å². The van der Waals surface area contributed by atoms with Crippen LogP contribution in [0.5, 0.6) is 0 Å². The molecule has 2 aromatic rings. The minimum atomic E-state index is -5.08. The monoisotopic (exact) mass is 692 g/mol. The summed E-state index contributed by atoms with van der Waals surface area (Å²) in [6.07, 6.45) is 2.01. The van der Waals surface area contributed by atoms with E-state index in [0.717, 1.165) is 51.4 Å². The van der Waals surface area contributed by atoms with E-state index in [0.29, 0.717) is 35.2 Å². The van der Waals surface area contributed by atoms with E-state index >= 15 is 0 Å². The van der Waals surface area contributed by atoms with Crippen molar-refractivity contribution < 1.29 is 41.0 Å². The number of hydrogen-bond acceptors (Lipinski definition) is 8. The number of aliphatic carboxylic acids is 1. The molecule has 3 heterocycles. The molecule has 1 aliphatic carbocycles. The normalized spacial score (nSPS) is 20.2. The van der Waals surface area contributed by atoms with Gasteiger partial charge >= 0.3 is 12.1 Å². The second-order valence-electron chi connectivity index (χ2n) is 11.0. The lowest BCUT2D eigenvalue weighted by molar-refractivity contribution is -0.192. The molecule has 3 aliphatic rings. The molecule has 238 valence electrons. The number of morpholine rings is 1. The Kier molecular flexibility index (Phi) is 11.4. The molecule has 2 aliphatic heterocycles. The number of halogens is 4. The molecule has 3 fully saturated rings. The SMILES string of the molecule is O=C(O)C(F)(F)F.O=S(=O)(NCCc1ccc(CN2CCOCC2)cc1)c1cc(Br)cnc1NCC1CC2(CCC2)CO1. The Hall–Kier alpha value is -2.30. The Morgan fingerprint density at radius 2 is 1.81 bits per heavy atom. The zero-order chi connectivity index (χ0) is 31.1. The topological polar surface area (TPSA) is 130 Å². The van der Waals surface area contributed by atoms with Gasteiger partial charge in [-0.1, -0.05) is 30.7 Å². The average molecular weight is 694 g/mol. The predicted molar refractivity (Wildman–Crippen MR) is 156 cm³/mol. The molecule has 1 unspecified atom stereocenters. The Bertz CT molecular complexity index is 1340. The van der Waals surface area contributed by atoms with Crippen LogP contribution in [0.25, 0.3) is 0 Å². The smallest absolute Gasteiger partial charge is 0.475 e. The fraction of sp³-hybridized carbons (Fsp3) is 0.571. The molecule has 1 atom stereocenters. The summed E-state index contributed by atoms with van der Waals surface area (Å²) in [5.74, 6) is -2.40. The van der Waals surface area contributed by atoms with Crippen LogP contribution in [0.4, 0.5) is 19.0 Å². The van der Waals surface area contributed by atoms with Crippen LogP contribution >= 0.6 is 15.9 Å².